The molecule has 0 unspecified atom stereocenters. The molecular weight excluding hydrogens is 206 g/mol. The first-order valence-electron chi connectivity index (χ1n) is 4.96. The van der Waals surface area contributed by atoms with Crippen molar-refractivity contribution in [2.45, 2.75) is 6.54 Å². The van der Waals surface area contributed by atoms with Gasteiger partial charge < -0.3 is 15.0 Å². The van der Waals surface area contributed by atoms with Gasteiger partial charge in [0.2, 0.25) is 5.91 Å². The monoisotopic (exact) mass is 219 g/mol. The van der Waals surface area contributed by atoms with E-state index in [-0.39, 0.29) is 0 Å². The van der Waals surface area contributed by atoms with Gasteiger partial charge in [0, 0.05) is 19.2 Å². The van der Waals surface area contributed by atoms with E-state index in [2.05, 4.69) is 4.98 Å². The summed E-state index contributed by atoms with van der Waals surface area (Å²) < 4.78 is 6.98. The highest BCUT2D eigenvalue weighted by atomic mass is 16.5. The predicted molar refractivity (Wildman–Crippen MR) is 60.1 cm³/mol. The molecule has 5 heteroatoms. The van der Waals surface area contributed by atoms with E-state index in [0.717, 1.165) is 17.6 Å². The van der Waals surface area contributed by atoms with Crippen molar-refractivity contribution in [2.24, 2.45) is 5.73 Å². The van der Waals surface area contributed by atoms with Gasteiger partial charge in [-0.1, -0.05) is 0 Å². The van der Waals surface area contributed by atoms with Gasteiger partial charge in [0.1, 0.15) is 0 Å². The molecular formula is C11H13N3O2. The second kappa shape index (κ2) is 4.32. The van der Waals surface area contributed by atoms with Gasteiger partial charge in [-0.25, -0.2) is 4.98 Å². The summed E-state index contributed by atoms with van der Waals surface area (Å²) >= 11 is 0. The molecule has 0 saturated heterocycles. The van der Waals surface area contributed by atoms with Crippen molar-refractivity contribution in [1.82, 2.24) is 9.55 Å². The van der Waals surface area contributed by atoms with Crippen molar-refractivity contribution >= 4 is 16.9 Å². The van der Waals surface area contributed by atoms with Crippen molar-refractivity contribution < 1.29 is 9.53 Å². The van der Waals surface area contributed by atoms with Gasteiger partial charge >= 0.3 is 0 Å². The number of ether oxygens (including phenoxy) is 1. The first-order valence-corrected chi connectivity index (χ1v) is 4.96. The molecule has 1 aromatic heterocycles. The van der Waals surface area contributed by atoms with Crippen LogP contribution in [0.5, 0.6) is 0 Å². The number of primary amides is 1. The van der Waals surface area contributed by atoms with E-state index < -0.39 is 5.91 Å². The zero-order chi connectivity index (χ0) is 11.5. The molecule has 2 N–H and O–H groups in total. The Morgan fingerprint density at radius 3 is 3.06 bits per heavy atom. The molecule has 1 aromatic carbocycles. The summed E-state index contributed by atoms with van der Waals surface area (Å²) in [6.45, 7) is 1.37. The second-order valence-electron chi connectivity index (χ2n) is 3.50. The topological polar surface area (TPSA) is 70.1 Å². The number of fused-ring (bicyclic) bond motifs is 1. The first kappa shape index (κ1) is 10.6. The Morgan fingerprint density at radius 1 is 1.56 bits per heavy atom. The smallest absolute Gasteiger partial charge is 0.248 e. The Balaban J connectivity index is 2.38. The number of hydrogen-bond acceptors (Lipinski definition) is 3. The fourth-order valence-electron chi connectivity index (χ4n) is 1.58. The Kier molecular flexibility index (Phi) is 2.87. The van der Waals surface area contributed by atoms with Crippen LogP contribution in [-0.2, 0) is 11.3 Å². The van der Waals surface area contributed by atoms with Crippen LogP contribution in [0.2, 0.25) is 0 Å². The lowest BCUT2D eigenvalue weighted by Crippen LogP contribution is -2.10. The van der Waals surface area contributed by atoms with Gasteiger partial charge in [0.05, 0.1) is 24.0 Å². The number of aromatic nitrogens is 2. The number of rotatable bonds is 4. The van der Waals surface area contributed by atoms with E-state index in [9.17, 15) is 4.79 Å². The quantitative estimate of drug-likeness (QED) is 0.826. The van der Waals surface area contributed by atoms with E-state index in [4.69, 9.17) is 10.5 Å². The molecule has 0 atom stereocenters. The largest absolute Gasteiger partial charge is 0.383 e. The van der Waals surface area contributed by atoms with E-state index in [1.807, 2.05) is 10.6 Å². The number of nitrogens with zero attached hydrogens (tertiary/aromatic N) is 2. The van der Waals surface area contributed by atoms with E-state index >= 15 is 0 Å². The van der Waals surface area contributed by atoms with Crippen molar-refractivity contribution in [1.29, 1.82) is 0 Å². The number of amides is 1. The fraction of sp³-hybridized carbons (Fsp3) is 0.273. The van der Waals surface area contributed by atoms with E-state index in [1.165, 1.54) is 0 Å². The van der Waals surface area contributed by atoms with Gasteiger partial charge in [-0.15, -0.1) is 0 Å². The molecule has 1 amide bonds. The van der Waals surface area contributed by atoms with Gasteiger partial charge in [0.25, 0.3) is 0 Å². The van der Waals surface area contributed by atoms with E-state index in [0.29, 0.717) is 12.2 Å². The summed E-state index contributed by atoms with van der Waals surface area (Å²) in [4.78, 5) is 15.2. The molecule has 0 aliphatic rings. The van der Waals surface area contributed by atoms with Crippen molar-refractivity contribution in [3.63, 3.8) is 0 Å². The average Bonchev–Trinajstić information content (AvgIpc) is 2.68. The molecule has 0 bridgehead atoms. The summed E-state index contributed by atoms with van der Waals surface area (Å²) in [5, 5.41) is 0. The van der Waals surface area contributed by atoms with Crippen molar-refractivity contribution in [3.8, 4) is 0 Å². The van der Waals surface area contributed by atoms with Gasteiger partial charge in [-0.05, 0) is 18.2 Å². The van der Waals surface area contributed by atoms with Crippen molar-refractivity contribution in [3.05, 3.63) is 30.1 Å². The van der Waals surface area contributed by atoms with Crippen LogP contribution in [0.25, 0.3) is 11.0 Å². The molecule has 1 heterocycles. The highest BCUT2D eigenvalue weighted by molar-refractivity contribution is 5.96. The number of hydrogen-bond donors (Lipinski definition) is 1. The first-order chi connectivity index (χ1) is 7.72. The molecule has 2 aromatic rings. The second-order valence-corrected chi connectivity index (χ2v) is 3.50. The van der Waals surface area contributed by atoms with Crippen LogP contribution >= 0.6 is 0 Å². The van der Waals surface area contributed by atoms with Gasteiger partial charge in [0.15, 0.2) is 0 Å². The highest BCUT2D eigenvalue weighted by Crippen LogP contribution is 2.14. The lowest BCUT2D eigenvalue weighted by molar-refractivity contribution is 0.100. The standard InChI is InChI=1S/C11H13N3O2/c1-16-5-4-14-7-13-9-6-8(11(12)15)2-3-10(9)14/h2-3,6-7H,4-5H2,1H3,(H2,12,15). The fourth-order valence-corrected chi connectivity index (χ4v) is 1.58. The van der Waals surface area contributed by atoms with Crippen LogP contribution in [0.15, 0.2) is 24.5 Å². The summed E-state index contributed by atoms with van der Waals surface area (Å²) in [5.74, 6) is -0.437. The van der Waals surface area contributed by atoms with Gasteiger partial charge in [-0.2, -0.15) is 0 Å². The summed E-state index contributed by atoms with van der Waals surface area (Å²) in [6.07, 6.45) is 1.73. The molecule has 0 aliphatic heterocycles. The molecule has 16 heavy (non-hydrogen) atoms. The summed E-state index contributed by atoms with van der Waals surface area (Å²) in [6, 6.07) is 5.24. The molecule has 0 aliphatic carbocycles. The van der Waals surface area contributed by atoms with Crippen LogP contribution in [0.1, 0.15) is 10.4 Å². The van der Waals surface area contributed by atoms with Crippen LogP contribution in [0.3, 0.4) is 0 Å². The maximum atomic E-state index is 11.0. The Bertz CT molecular complexity index is 519. The molecule has 0 spiro atoms. The SMILES string of the molecule is COCCn1cnc2cc(C(N)=O)ccc21. The zero-order valence-corrected chi connectivity index (χ0v) is 9.01. The third-order valence-electron chi connectivity index (χ3n) is 2.44. The maximum Gasteiger partial charge on any atom is 0.248 e. The number of carbonyl (C=O) groups is 1. The zero-order valence-electron chi connectivity index (χ0n) is 9.01. The van der Waals surface area contributed by atoms with Crippen LogP contribution in [0, 0.1) is 0 Å². The lowest BCUT2D eigenvalue weighted by atomic mass is 10.2. The molecule has 2 rings (SSSR count). The average molecular weight is 219 g/mol. The lowest BCUT2D eigenvalue weighted by Gasteiger charge is -2.03. The number of nitrogens with two attached hydrogens (primary N) is 1. The van der Waals surface area contributed by atoms with Crippen LogP contribution in [-0.4, -0.2) is 29.2 Å². The minimum absolute atomic E-state index is 0.437. The number of methoxy groups -OCH3 is 1. The molecule has 0 fully saturated rings. The molecule has 0 saturated carbocycles. The van der Waals surface area contributed by atoms with Crippen molar-refractivity contribution in [2.75, 3.05) is 13.7 Å². The van der Waals surface area contributed by atoms with Crippen LogP contribution in [0.4, 0.5) is 0 Å². The third-order valence-corrected chi connectivity index (χ3v) is 2.44. The third kappa shape index (κ3) is 1.90. The van der Waals surface area contributed by atoms with E-state index in [1.54, 1.807) is 25.6 Å². The Morgan fingerprint density at radius 2 is 2.38 bits per heavy atom. The molecule has 84 valence electrons. The Hall–Kier alpha value is -1.88. The van der Waals surface area contributed by atoms with Crippen LogP contribution < -0.4 is 5.73 Å². The number of imidazole rings is 1. The number of carbonyl (C=O) groups excluding carboxylic acids is 1. The Labute approximate surface area is 92.8 Å². The summed E-state index contributed by atoms with van der Waals surface area (Å²) in [7, 11) is 1.66. The highest BCUT2D eigenvalue weighted by Gasteiger charge is 2.06. The maximum absolute atomic E-state index is 11.0. The molecule has 0 radical (unpaired) electrons. The number of benzene rings is 1. The minimum Gasteiger partial charge on any atom is -0.383 e. The van der Waals surface area contributed by atoms with Gasteiger partial charge in [-0.3, -0.25) is 4.79 Å². The minimum atomic E-state index is -0.437. The molecule has 5 nitrogen and oxygen atoms in total. The predicted octanol–water partition coefficient (Wildman–Crippen LogP) is 0.782. The summed E-state index contributed by atoms with van der Waals surface area (Å²) in [5.41, 5.74) is 7.42. The normalized spacial score (nSPS) is 10.8.